The second kappa shape index (κ2) is 6.53. The summed E-state index contributed by atoms with van der Waals surface area (Å²) in [5.74, 6) is 1.70. The molecule has 0 amide bonds. The molecule has 1 saturated heterocycles. The zero-order valence-corrected chi connectivity index (χ0v) is 12.8. The fourth-order valence-electron chi connectivity index (χ4n) is 2.99. The lowest BCUT2D eigenvalue weighted by Crippen LogP contribution is -2.32. The summed E-state index contributed by atoms with van der Waals surface area (Å²) >= 11 is 0. The van der Waals surface area contributed by atoms with Crippen molar-refractivity contribution >= 4 is 0 Å². The van der Waals surface area contributed by atoms with Crippen molar-refractivity contribution in [1.29, 1.82) is 0 Å². The number of nitrogens with zero attached hydrogens (tertiary/aromatic N) is 1. The number of nitrogens with one attached hydrogen (secondary N) is 1. The summed E-state index contributed by atoms with van der Waals surface area (Å²) in [6.45, 7) is 10.5. The van der Waals surface area contributed by atoms with Crippen LogP contribution >= 0.6 is 0 Å². The highest BCUT2D eigenvalue weighted by Gasteiger charge is 2.26. The molecule has 2 nitrogen and oxygen atoms in total. The molecule has 2 atom stereocenters. The van der Waals surface area contributed by atoms with Crippen LogP contribution in [0.25, 0.3) is 0 Å². The Morgan fingerprint density at radius 2 is 1.95 bits per heavy atom. The van der Waals surface area contributed by atoms with E-state index >= 15 is 0 Å². The molecule has 1 fully saturated rings. The fourth-order valence-corrected chi connectivity index (χ4v) is 2.99. The molecule has 1 aliphatic rings. The third kappa shape index (κ3) is 3.80. The van der Waals surface area contributed by atoms with Gasteiger partial charge in [0, 0.05) is 19.1 Å². The number of likely N-dealkylation sites (N-methyl/N-ethyl adjacent to an activating group) is 1. The summed E-state index contributed by atoms with van der Waals surface area (Å²) in [6, 6.07) is 9.38. The van der Waals surface area contributed by atoms with Gasteiger partial charge in [-0.15, -0.1) is 0 Å². The molecule has 2 unspecified atom stereocenters. The average molecular weight is 260 g/mol. The van der Waals surface area contributed by atoms with Gasteiger partial charge in [0.05, 0.1) is 0 Å². The molecule has 19 heavy (non-hydrogen) atoms. The first kappa shape index (κ1) is 14.5. The second-order valence-electron chi connectivity index (χ2n) is 6.30. The van der Waals surface area contributed by atoms with Gasteiger partial charge in [-0.1, -0.05) is 43.7 Å². The molecule has 0 saturated carbocycles. The normalized spacial score (nSPS) is 22.1. The van der Waals surface area contributed by atoms with Crippen molar-refractivity contribution in [1.82, 2.24) is 10.2 Å². The smallest absolute Gasteiger partial charge is 0.0446 e. The van der Waals surface area contributed by atoms with Crippen molar-refractivity contribution in [2.45, 2.75) is 33.2 Å². The van der Waals surface area contributed by atoms with Crippen LogP contribution < -0.4 is 5.32 Å². The largest absolute Gasteiger partial charge is 0.312 e. The van der Waals surface area contributed by atoms with Crippen LogP contribution in [-0.4, -0.2) is 31.6 Å². The van der Waals surface area contributed by atoms with Gasteiger partial charge in [0.1, 0.15) is 0 Å². The van der Waals surface area contributed by atoms with Gasteiger partial charge in [0.15, 0.2) is 0 Å². The van der Waals surface area contributed by atoms with E-state index in [4.69, 9.17) is 0 Å². The molecule has 0 spiro atoms. The Balaban J connectivity index is 1.95. The number of rotatable bonds is 5. The Kier molecular flexibility index (Phi) is 5.00. The molecule has 1 N–H and O–H groups in total. The van der Waals surface area contributed by atoms with Crippen LogP contribution in [0.15, 0.2) is 24.3 Å². The Bertz CT molecular complexity index is 383. The lowest BCUT2D eigenvalue weighted by atomic mass is 9.95. The maximum atomic E-state index is 3.47. The molecule has 0 aromatic heterocycles. The van der Waals surface area contributed by atoms with Gasteiger partial charge in [0.25, 0.3) is 0 Å². The van der Waals surface area contributed by atoms with E-state index in [-0.39, 0.29) is 0 Å². The highest BCUT2D eigenvalue weighted by atomic mass is 15.2. The van der Waals surface area contributed by atoms with Gasteiger partial charge in [-0.25, -0.2) is 0 Å². The Labute approximate surface area is 118 Å². The maximum Gasteiger partial charge on any atom is 0.0446 e. The molecule has 1 heterocycles. The van der Waals surface area contributed by atoms with Crippen LogP contribution in [0.4, 0.5) is 0 Å². The van der Waals surface area contributed by atoms with Crippen LogP contribution in [0.1, 0.15) is 37.4 Å². The lowest BCUT2D eigenvalue weighted by Gasteiger charge is -2.24. The highest BCUT2D eigenvalue weighted by Crippen LogP contribution is 2.25. The molecule has 1 aliphatic heterocycles. The Morgan fingerprint density at radius 1 is 1.26 bits per heavy atom. The zero-order valence-electron chi connectivity index (χ0n) is 12.8. The number of aryl methyl sites for hydroxylation is 1. The maximum absolute atomic E-state index is 3.47. The summed E-state index contributed by atoms with van der Waals surface area (Å²) in [6.07, 6.45) is 1.36. The molecule has 0 radical (unpaired) electrons. The predicted molar refractivity (Wildman–Crippen MR) is 82.4 cm³/mol. The molecule has 2 rings (SSSR count). The number of hydrogen-bond acceptors (Lipinski definition) is 2. The predicted octanol–water partition coefficient (Wildman–Crippen LogP) is 3.23. The molecule has 0 aliphatic carbocycles. The minimum absolute atomic E-state index is 0.450. The van der Waals surface area contributed by atoms with Crippen molar-refractivity contribution < 1.29 is 0 Å². The van der Waals surface area contributed by atoms with E-state index in [0.717, 1.165) is 18.4 Å². The molecule has 1 aromatic rings. The van der Waals surface area contributed by atoms with Crippen LogP contribution in [0.3, 0.4) is 0 Å². The Hall–Kier alpha value is -0.860. The summed E-state index contributed by atoms with van der Waals surface area (Å²) in [5.41, 5.74) is 2.74. The summed E-state index contributed by atoms with van der Waals surface area (Å²) in [4.78, 5) is 2.62. The van der Waals surface area contributed by atoms with Crippen LogP contribution in [0, 0.1) is 18.8 Å². The van der Waals surface area contributed by atoms with Gasteiger partial charge in [-0.2, -0.15) is 0 Å². The molecule has 0 bridgehead atoms. The van der Waals surface area contributed by atoms with Gasteiger partial charge >= 0.3 is 0 Å². The molecule has 1 aromatic carbocycles. The van der Waals surface area contributed by atoms with Crippen molar-refractivity contribution in [3.63, 3.8) is 0 Å². The standard InChI is InChI=1S/C17H28N2/c1-13(2)16-9-10-19(11-16)12-17(18-4)15-7-5-14(3)6-8-15/h5-8,13,16-18H,9-12H2,1-4H3. The lowest BCUT2D eigenvalue weighted by molar-refractivity contribution is 0.275. The van der Waals surface area contributed by atoms with Crippen molar-refractivity contribution in [2.75, 3.05) is 26.7 Å². The van der Waals surface area contributed by atoms with Crippen LogP contribution in [-0.2, 0) is 0 Å². The summed E-state index contributed by atoms with van der Waals surface area (Å²) in [5, 5.41) is 3.47. The number of benzene rings is 1. The van der Waals surface area contributed by atoms with Gasteiger partial charge in [-0.05, 0) is 44.3 Å². The van der Waals surface area contributed by atoms with E-state index in [1.807, 2.05) is 0 Å². The van der Waals surface area contributed by atoms with Gasteiger partial charge < -0.3 is 10.2 Å². The number of hydrogen-bond donors (Lipinski definition) is 1. The van der Waals surface area contributed by atoms with E-state index in [9.17, 15) is 0 Å². The first-order valence-corrected chi connectivity index (χ1v) is 7.56. The van der Waals surface area contributed by atoms with E-state index in [1.165, 1.54) is 30.6 Å². The zero-order chi connectivity index (χ0) is 13.8. The third-order valence-electron chi connectivity index (χ3n) is 4.52. The first-order chi connectivity index (χ1) is 9.10. The summed E-state index contributed by atoms with van der Waals surface area (Å²) < 4.78 is 0. The highest BCUT2D eigenvalue weighted by molar-refractivity contribution is 5.24. The average Bonchev–Trinajstić information content (AvgIpc) is 2.86. The topological polar surface area (TPSA) is 15.3 Å². The Morgan fingerprint density at radius 3 is 2.47 bits per heavy atom. The van der Waals surface area contributed by atoms with E-state index in [1.54, 1.807) is 0 Å². The van der Waals surface area contributed by atoms with Crippen molar-refractivity contribution in [2.24, 2.45) is 11.8 Å². The van der Waals surface area contributed by atoms with Crippen LogP contribution in [0.2, 0.25) is 0 Å². The molecule has 2 heteroatoms. The quantitative estimate of drug-likeness (QED) is 0.874. The second-order valence-corrected chi connectivity index (χ2v) is 6.30. The van der Waals surface area contributed by atoms with Gasteiger partial charge in [0.2, 0.25) is 0 Å². The molecular weight excluding hydrogens is 232 g/mol. The first-order valence-electron chi connectivity index (χ1n) is 7.56. The molecule has 106 valence electrons. The minimum Gasteiger partial charge on any atom is -0.312 e. The van der Waals surface area contributed by atoms with E-state index in [0.29, 0.717) is 6.04 Å². The monoisotopic (exact) mass is 260 g/mol. The van der Waals surface area contributed by atoms with E-state index in [2.05, 4.69) is 62.3 Å². The SMILES string of the molecule is CNC(CN1CCC(C(C)C)C1)c1ccc(C)cc1. The summed E-state index contributed by atoms with van der Waals surface area (Å²) in [7, 11) is 2.07. The van der Waals surface area contributed by atoms with Crippen molar-refractivity contribution in [3.05, 3.63) is 35.4 Å². The minimum atomic E-state index is 0.450. The van der Waals surface area contributed by atoms with Crippen molar-refractivity contribution in [3.8, 4) is 0 Å². The number of likely N-dealkylation sites (tertiary alicyclic amines) is 1. The van der Waals surface area contributed by atoms with E-state index < -0.39 is 0 Å². The van der Waals surface area contributed by atoms with Gasteiger partial charge in [-0.3, -0.25) is 0 Å². The molecular formula is C17H28N2. The third-order valence-corrected chi connectivity index (χ3v) is 4.52. The van der Waals surface area contributed by atoms with Crippen LogP contribution in [0.5, 0.6) is 0 Å². The fraction of sp³-hybridized carbons (Fsp3) is 0.647.